The second kappa shape index (κ2) is 7.59. The first-order valence-corrected chi connectivity index (χ1v) is 12.2. The molecule has 1 aromatic carbocycles. The predicted molar refractivity (Wildman–Crippen MR) is 118 cm³/mol. The molecule has 0 radical (unpaired) electrons. The van der Waals surface area contributed by atoms with Gasteiger partial charge in [0.1, 0.15) is 5.69 Å². The van der Waals surface area contributed by atoms with Crippen LogP contribution in [0.1, 0.15) is 29.3 Å². The maximum absolute atomic E-state index is 11.7. The third kappa shape index (κ3) is 3.58. The molecule has 1 unspecified atom stereocenters. The Labute approximate surface area is 185 Å². The van der Waals surface area contributed by atoms with Crippen molar-refractivity contribution >= 4 is 21.3 Å². The Kier molecular flexibility index (Phi) is 4.85. The van der Waals surface area contributed by atoms with E-state index in [0.717, 1.165) is 47.2 Å². The second-order valence-corrected chi connectivity index (χ2v) is 10.2. The molecule has 1 atom stereocenters. The Balaban J connectivity index is 1.45. The molecule has 32 heavy (non-hydrogen) atoms. The van der Waals surface area contributed by atoms with E-state index in [2.05, 4.69) is 14.7 Å². The number of sulfone groups is 1. The number of nitrogens with zero attached hydrogens (tertiary/aromatic N) is 4. The van der Waals surface area contributed by atoms with E-state index in [-0.39, 0.29) is 17.4 Å². The lowest BCUT2D eigenvalue weighted by molar-refractivity contribution is -0.136. The van der Waals surface area contributed by atoms with Crippen LogP contribution in [0.5, 0.6) is 0 Å². The molecule has 0 aliphatic heterocycles. The summed E-state index contributed by atoms with van der Waals surface area (Å²) in [6.07, 6.45) is 7.43. The molecule has 5 rings (SSSR count). The van der Waals surface area contributed by atoms with E-state index in [0.29, 0.717) is 5.69 Å². The van der Waals surface area contributed by atoms with Gasteiger partial charge >= 0.3 is 5.97 Å². The fraction of sp³-hybridized carbons (Fsp3) is 0.261. The number of benzene rings is 1. The zero-order valence-electron chi connectivity index (χ0n) is 17.5. The van der Waals surface area contributed by atoms with Crippen LogP contribution in [0.3, 0.4) is 0 Å². The van der Waals surface area contributed by atoms with E-state index in [1.807, 2.05) is 35.3 Å². The van der Waals surface area contributed by atoms with Crippen LogP contribution in [0.4, 0.5) is 0 Å². The molecular formula is C23H22N4O4S. The molecule has 9 heteroatoms. The number of aromatic nitrogens is 4. The van der Waals surface area contributed by atoms with Gasteiger partial charge in [-0.15, -0.1) is 5.10 Å². The largest absolute Gasteiger partial charge is 0.481 e. The maximum atomic E-state index is 11.7. The molecule has 3 heterocycles. The molecule has 1 N–H and O–H groups in total. The number of carboxylic acids is 1. The van der Waals surface area contributed by atoms with E-state index in [4.69, 9.17) is 0 Å². The average Bonchev–Trinajstić information content (AvgIpc) is 3.37. The van der Waals surface area contributed by atoms with Crippen LogP contribution in [0.2, 0.25) is 0 Å². The Bertz CT molecular complexity index is 1430. The van der Waals surface area contributed by atoms with Gasteiger partial charge in [0.05, 0.1) is 23.6 Å². The highest BCUT2D eigenvalue weighted by Gasteiger charge is 2.28. The van der Waals surface area contributed by atoms with Crippen LogP contribution in [-0.2, 0) is 33.9 Å². The van der Waals surface area contributed by atoms with Crippen LogP contribution in [0.15, 0.2) is 59.8 Å². The van der Waals surface area contributed by atoms with Gasteiger partial charge in [0, 0.05) is 35.6 Å². The summed E-state index contributed by atoms with van der Waals surface area (Å²) < 4.78 is 27.3. The van der Waals surface area contributed by atoms with Crippen LogP contribution in [0.25, 0.3) is 16.8 Å². The predicted octanol–water partition coefficient (Wildman–Crippen LogP) is 2.96. The molecule has 0 spiro atoms. The molecule has 0 amide bonds. The molecule has 1 aliphatic rings. The summed E-state index contributed by atoms with van der Waals surface area (Å²) in [7, 11) is -3.25. The normalized spacial score (nSPS) is 16.2. The molecule has 1 aliphatic carbocycles. The lowest BCUT2D eigenvalue weighted by atomic mass is 9.90. The van der Waals surface area contributed by atoms with Crippen molar-refractivity contribution in [2.75, 3.05) is 6.26 Å². The van der Waals surface area contributed by atoms with E-state index in [1.165, 1.54) is 6.26 Å². The smallest absolute Gasteiger partial charge is 0.307 e. The van der Waals surface area contributed by atoms with Crippen molar-refractivity contribution < 1.29 is 18.3 Å². The first-order valence-electron chi connectivity index (χ1n) is 10.3. The average molecular weight is 451 g/mol. The van der Waals surface area contributed by atoms with E-state index < -0.39 is 15.8 Å². The highest BCUT2D eigenvalue weighted by molar-refractivity contribution is 7.90. The van der Waals surface area contributed by atoms with Crippen molar-refractivity contribution in [3.05, 3.63) is 71.7 Å². The molecule has 0 saturated carbocycles. The molecule has 0 saturated heterocycles. The maximum Gasteiger partial charge on any atom is 0.307 e. The molecule has 164 valence electrons. The number of fused-ring (bicyclic) bond motifs is 3. The van der Waals surface area contributed by atoms with Crippen molar-refractivity contribution in [1.82, 2.24) is 19.4 Å². The van der Waals surface area contributed by atoms with Crippen LogP contribution >= 0.6 is 0 Å². The number of carbonyl (C=O) groups is 1. The van der Waals surface area contributed by atoms with Gasteiger partial charge in [-0.25, -0.2) is 13.1 Å². The van der Waals surface area contributed by atoms with Crippen LogP contribution in [0, 0.1) is 0 Å². The van der Waals surface area contributed by atoms with Crippen molar-refractivity contribution in [3.63, 3.8) is 0 Å². The molecule has 4 aromatic rings. The lowest BCUT2D eigenvalue weighted by Crippen LogP contribution is -2.20. The number of hydrogen-bond acceptors (Lipinski definition) is 5. The highest BCUT2D eigenvalue weighted by atomic mass is 32.2. The molecule has 8 nitrogen and oxygen atoms in total. The minimum atomic E-state index is -3.25. The molecule has 0 bridgehead atoms. The Hall–Kier alpha value is -3.46. The lowest BCUT2D eigenvalue weighted by Gasteiger charge is -2.23. The van der Waals surface area contributed by atoms with Crippen molar-refractivity contribution in [3.8, 4) is 11.3 Å². The first kappa shape index (κ1) is 20.4. The SMILES string of the molecule is CS(=O)(=O)c1ccc(-c2cn(C3CCc4c(CC(=O)O)c5ccccn5c4C3)nn2)cc1. The Morgan fingerprint density at radius 2 is 1.97 bits per heavy atom. The molecule has 3 aromatic heterocycles. The summed E-state index contributed by atoms with van der Waals surface area (Å²) in [6, 6.07) is 12.6. The summed E-state index contributed by atoms with van der Waals surface area (Å²) >= 11 is 0. The van der Waals surface area contributed by atoms with Gasteiger partial charge in [-0.1, -0.05) is 23.4 Å². The summed E-state index contributed by atoms with van der Waals surface area (Å²) in [5.74, 6) is -0.825. The van der Waals surface area contributed by atoms with Gasteiger partial charge in [-0.2, -0.15) is 0 Å². The molecular weight excluding hydrogens is 428 g/mol. The topological polar surface area (TPSA) is 107 Å². The first-order chi connectivity index (χ1) is 15.3. The summed E-state index contributed by atoms with van der Waals surface area (Å²) in [6.45, 7) is 0. The van der Waals surface area contributed by atoms with Crippen LogP contribution in [-0.4, -0.2) is 45.1 Å². The van der Waals surface area contributed by atoms with Gasteiger partial charge in [0.15, 0.2) is 9.84 Å². The van der Waals surface area contributed by atoms with Gasteiger partial charge in [0.2, 0.25) is 0 Å². The van der Waals surface area contributed by atoms with Crippen molar-refractivity contribution in [1.29, 1.82) is 0 Å². The van der Waals surface area contributed by atoms with Gasteiger partial charge < -0.3 is 9.51 Å². The summed E-state index contributed by atoms with van der Waals surface area (Å²) in [5.41, 5.74) is 5.59. The third-order valence-corrected chi connectivity index (χ3v) is 7.25. The quantitative estimate of drug-likeness (QED) is 0.501. The number of hydrogen-bond donors (Lipinski definition) is 1. The van der Waals surface area contributed by atoms with Gasteiger partial charge in [0.25, 0.3) is 0 Å². The second-order valence-electron chi connectivity index (χ2n) is 8.21. The highest BCUT2D eigenvalue weighted by Crippen LogP contribution is 2.35. The van der Waals surface area contributed by atoms with Crippen molar-refractivity contribution in [2.24, 2.45) is 0 Å². The fourth-order valence-corrected chi connectivity index (χ4v) is 5.22. The monoisotopic (exact) mass is 450 g/mol. The minimum absolute atomic E-state index is 0.0183. The Morgan fingerprint density at radius 3 is 2.69 bits per heavy atom. The molecule has 0 fully saturated rings. The minimum Gasteiger partial charge on any atom is -0.481 e. The van der Waals surface area contributed by atoms with Gasteiger partial charge in [-0.05, 0) is 48.2 Å². The van der Waals surface area contributed by atoms with Gasteiger partial charge in [-0.3, -0.25) is 4.79 Å². The zero-order valence-corrected chi connectivity index (χ0v) is 18.3. The number of rotatable bonds is 5. The van der Waals surface area contributed by atoms with Crippen LogP contribution < -0.4 is 0 Å². The standard InChI is InChI=1S/C23H22N4O4S/c1-32(30,31)17-8-5-15(6-9-17)20-14-27(25-24-20)16-7-10-18-19(13-23(28)29)21-4-2-3-11-26(21)22(18)12-16/h2-6,8-9,11,14,16H,7,10,12-13H2,1H3,(H,28,29). The van der Waals surface area contributed by atoms with E-state index >= 15 is 0 Å². The third-order valence-electron chi connectivity index (χ3n) is 6.12. The summed E-state index contributed by atoms with van der Waals surface area (Å²) in [5, 5.41) is 18.0. The van der Waals surface area contributed by atoms with E-state index in [9.17, 15) is 18.3 Å². The summed E-state index contributed by atoms with van der Waals surface area (Å²) in [4.78, 5) is 11.7. The fourth-order valence-electron chi connectivity index (χ4n) is 4.59. The van der Waals surface area contributed by atoms with Crippen molar-refractivity contribution in [2.45, 2.75) is 36.6 Å². The number of carboxylic acid groups (broad SMARTS) is 1. The zero-order chi connectivity index (χ0) is 22.5. The Morgan fingerprint density at radius 1 is 1.19 bits per heavy atom. The van der Waals surface area contributed by atoms with E-state index in [1.54, 1.807) is 24.3 Å². The number of pyridine rings is 1. The number of aliphatic carboxylic acids is 1.